The van der Waals surface area contributed by atoms with E-state index in [1.54, 1.807) is 19.2 Å². The number of nitrogen functional groups attached to an aromatic ring is 1. The van der Waals surface area contributed by atoms with Crippen LogP contribution in [0.5, 0.6) is 11.5 Å². The highest BCUT2D eigenvalue weighted by molar-refractivity contribution is 5.61. The van der Waals surface area contributed by atoms with Crippen LogP contribution in [-0.2, 0) is 0 Å². The van der Waals surface area contributed by atoms with Gasteiger partial charge in [-0.25, -0.2) is 0 Å². The Morgan fingerprint density at radius 1 is 1.54 bits per heavy atom. The molecule has 0 bridgehead atoms. The minimum Gasteiger partial charge on any atom is -0.497 e. The molecule has 4 nitrogen and oxygen atoms in total. The van der Waals surface area contributed by atoms with Gasteiger partial charge >= 0.3 is 0 Å². The SMILES string of the molecule is COc1cc(N)c2c(c1)OCC2N. The van der Waals surface area contributed by atoms with Crippen LogP contribution in [0.15, 0.2) is 12.1 Å². The molecule has 0 fully saturated rings. The maximum Gasteiger partial charge on any atom is 0.130 e. The van der Waals surface area contributed by atoms with Gasteiger partial charge < -0.3 is 20.9 Å². The van der Waals surface area contributed by atoms with E-state index in [0.717, 1.165) is 11.3 Å². The van der Waals surface area contributed by atoms with Gasteiger partial charge in [0.15, 0.2) is 0 Å². The van der Waals surface area contributed by atoms with Crippen LogP contribution in [0.2, 0.25) is 0 Å². The number of ether oxygens (including phenoxy) is 2. The zero-order chi connectivity index (χ0) is 9.42. The van der Waals surface area contributed by atoms with Gasteiger partial charge in [0.05, 0.1) is 13.2 Å². The van der Waals surface area contributed by atoms with Gasteiger partial charge in [0.25, 0.3) is 0 Å². The minimum absolute atomic E-state index is 0.110. The molecule has 0 spiro atoms. The zero-order valence-corrected chi connectivity index (χ0v) is 7.41. The quantitative estimate of drug-likeness (QED) is 0.623. The van der Waals surface area contributed by atoms with Crippen molar-refractivity contribution in [3.8, 4) is 11.5 Å². The molecule has 0 radical (unpaired) electrons. The summed E-state index contributed by atoms with van der Waals surface area (Å²) in [5.41, 5.74) is 13.1. The first-order valence-corrected chi connectivity index (χ1v) is 4.08. The fraction of sp³-hybridized carbons (Fsp3) is 0.333. The van der Waals surface area contributed by atoms with Crippen molar-refractivity contribution < 1.29 is 9.47 Å². The molecular weight excluding hydrogens is 168 g/mol. The monoisotopic (exact) mass is 180 g/mol. The predicted molar refractivity (Wildman–Crippen MR) is 49.8 cm³/mol. The van der Waals surface area contributed by atoms with E-state index < -0.39 is 0 Å². The molecule has 1 aromatic rings. The van der Waals surface area contributed by atoms with Gasteiger partial charge in [0.2, 0.25) is 0 Å². The topological polar surface area (TPSA) is 70.5 Å². The van der Waals surface area contributed by atoms with Crippen LogP contribution in [-0.4, -0.2) is 13.7 Å². The van der Waals surface area contributed by atoms with E-state index in [1.807, 2.05) is 0 Å². The zero-order valence-electron chi connectivity index (χ0n) is 7.41. The molecule has 1 aromatic carbocycles. The minimum atomic E-state index is -0.110. The maximum atomic E-state index is 5.80. The first-order chi connectivity index (χ1) is 6.22. The molecule has 0 saturated heterocycles. The highest BCUT2D eigenvalue weighted by Gasteiger charge is 2.24. The van der Waals surface area contributed by atoms with Crippen molar-refractivity contribution in [1.29, 1.82) is 0 Å². The summed E-state index contributed by atoms with van der Waals surface area (Å²) in [6, 6.07) is 3.45. The third kappa shape index (κ3) is 1.19. The van der Waals surface area contributed by atoms with Crippen molar-refractivity contribution in [3.05, 3.63) is 17.7 Å². The molecule has 1 aliphatic rings. The van der Waals surface area contributed by atoms with Crippen LogP contribution in [0, 0.1) is 0 Å². The number of hydrogen-bond acceptors (Lipinski definition) is 4. The van der Waals surface area contributed by atoms with Crippen molar-refractivity contribution in [1.82, 2.24) is 0 Å². The van der Waals surface area contributed by atoms with E-state index in [2.05, 4.69) is 0 Å². The standard InChI is InChI=1S/C9H12N2O2/c1-12-5-2-6(10)9-7(11)4-13-8(9)3-5/h2-3,7H,4,10-11H2,1H3. The lowest BCUT2D eigenvalue weighted by Crippen LogP contribution is -2.12. The molecule has 4 heteroatoms. The Morgan fingerprint density at radius 3 is 3.00 bits per heavy atom. The second-order valence-corrected chi connectivity index (χ2v) is 3.05. The van der Waals surface area contributed by atoms with E-state index in [9.17, 15) is 0 Å². The van der Waals surface area contributed by atoms with Crippen molar-refractivity contribution in [2.24, 2.45) is 5.73 Å². The lowest BCUT2D eigenvalue weighted by molar-refractivity contribution is 0.331. The van der Waals surface area contributed by atoms with Crippen LogP contribution >= 0.6 is 0 Å². The van der Waals surface area contributed by atoms with E-state index in [0.29, 0.717) is 18.0 Å². The highest BCUT2D eigenvalue weighted by atomic mass is 16.5. The smallest absolute Gasteiger partial charge is 0.130 e. The van der Waals surface area contributed by atoms with E-state index >= 15 is 0 Å². The molecule has 1 heterocycles. The third-order valence-electron chi connectivity index (χ3n) is 2.17. The molecule has 0 amide bonds. The van der Waals surface area contributed by atoms with Crippen LogP contribution in [0.4, 0.5) is 5.69 Å². The van der Waals surface area contributed by atoms with Crippen LogP contribution in [0.25, 0.3) is 0 Å². The van der Waals surface area contributed by atoms with Gasteiger partial charge in [-0.2, -0.15) is 0 Å². The largest absolute Gasteiger partial charge is 0.497 e. The molecule has 4 N–H and O–H groups in total. The summed E-state index contributed by atoms with van der Waals surface area (Å²) in [6.07, 6.45) is 0. The van der Waals surface area contributed by atoms with Gasteiger partial charge in [-0.3, -0.25) is 0 Å². The van der Waals surface area contributed by atoms with Crippen molar-refractivity contribution >= 4 is 5.69 Å². The summed E-state index contributed by atoms with van der Waals surface area (Å²) in [6.45, 7) is 0.493. The fourth-order valence-electron chi connectivity index (χ4n) is 1.52. The van der Waals surface area contributed by atoms with E-state index in [4.69, 9.17) is 20.9 Å². The summed E-state index contributed by atoms with van der Waals surface area (Å²) in [4.78, 5) is 0. The fourth-order valence-corrected chi connectivity index (χ4v) is 1.52. The van der Waals surface area contributed by atoms with Gasteiger partial charge in [-0.05, 0) is 0 Å². The molecule has 13 heavy (non-hydrogen) atoms. The number of nitrogens with two attached hydrogens (primary N) is 2. The Bertz CT molecular complexity index is 339. The predicted octanol–water partition coefficient (Wildman–Crippen LogP) is 0.670. The number of fused-ring (bicyclic) bond motifs is 1. The average Bonchev–Trinajstić information content (AvgIpc) is 2.48. The number of rotatable bonds is 1. The lowest BCUT2D eigenvalue weighted by atomic mass is 10.1. The maximum absolute atomic E-state index is 5.80. The summed E-state index contributed by atoms with van der Waals surface area (Å²) in [5.74, 6) is 1.44. The Labute approximate surface area is 76.4 Å². The lowest BCUT2D eigenvalue weighted by Gasteiger charge is -2.07. The first kappa shape index (κ1) is 8.19. The molecule has 70 valence electrons. The second-order valence-electron chi connectivity index (χ2n) is 3.05. The van der Waals surface area contributed by atoms with Crippen molar-refractivity contribution in [3.63, 3.8) is 0 Å². The Hall–Kier alpha value is -1.42. The average molecular weight is 180 g/mol. The number of hydrogen-bond donors (Lipinski definition) is 2. The van der Waals surface area contributed by atoms with Crippen LogP contribution < -0.4 is 20.9 Å². The number of anilines is 1. The van der Waals surface area contributed by atoms with Crippen LogP contribution in [0.1, 0.15) is 11.6 Å². The van der Waals surface area contributed by atoms with E-state index in [1.165, 1.54) is 0 Å². The van der Waals surface area contributed by atoms with Gasteiger partial charge in [-0.1, -0.05) is 0 Å². The highest BCUT2D eigenvalue weighted by Crippen LogP contribution is 2.38. The Morgan fingerprint density at radius 2 is 2.31 bits per heavy atom. The molecule has 0 aromatic heterocycles. The van der Waals surface area contributed by atoms with Gasteiger partial charge in [0, 0.05) is 23.4 Å². The normalized spacial score (nSPS) is 19.4. The van der Waals surface area contributed by atoms with Crippen molar-refractivity contribution in [2.75, 3.05) is 19.5 Å². The number of methoxy groups -OCH3 is 1. The summed E-state index contributed by atoms with van der Waals surface area (Å²) in [5, 5.41) is 0. The third-order valence-corrected chi connectivity index (χ3v) is 2.17. The van der Waals surface area contributed by atoms with Crippen LogP contribution in [0.3, 0.4) is 0 Å². The molecule has 1 aliphatic heterocycles. The summed E-state index contributed by atoms with van der Waals surface area (Å²) in [7, 11) is 1.59. The molecule has 1 unspecified atom stereocenters. The molecular formula is C9H12N2O2. The summed E-state index contributed by atoms with van der Waals surface area (Å²) >= 11 is 0. The van der Waals surface area contributed by atoms with E-state index in [-0.39, 0.29) is 6.04 Å². The first-order valence-electron chi connectivity index (χ1n) is 4.08. The Balaban J connectivity index is 2.53. The van der Waals surface area contributed by atoms with Gasteiger partial charge in [0.1, 0.15) is 18.1 Å². The van der Waals surface area contributed by atoms with Gasteiger partial charge in [-0.15, -0.1) is 0 Å². The molecule has 0 saturated carbocycles. The molecule has 2 rings (SSSR count). The number of benzene rings is 1. The Kier molecular flexibility index (Phi) is 1.77. The molecule has 1 atom stereocenters. The molecule has 0 aliphatic carbocycles. The second kappa shape index (κ2) is 2.81. The summed E-state index contributed by atoms with van der Waals surface area (Å²) < 4.78 is 10.4. The van der Waals surface area contributed by atoms with Crippen molar-refractivity contribution in [2.45, 2.75) is 6.04 Å².